The molecule has 1 aliphatic heterocycles. The van der Waals surface area contributed by atoms with Crippen LogP contribution in [0, 0.1) is 3.57 Å². The zero-order chi connectivity index (χ0) is 19.7. The predicted octanol–water partition coefficient (Wildman–Crippen LogP) is 6.72. The first-order valence-corrected chi connectivity index (χ1v) is 10.8. The van der Waals surface area contributed by atoms with E-state index in [1.165, 1.54) is 3.57 Å². The number of hydrogen-bond acceptors (Lipinski definition) is 2. The fourth-order valence-corrected chi connectivity index (χ4v) is 4.67. The number of ether oxygens (including phenoxy) is 1. The van der Waals surface area contributed by atoms with Gasteiger partial charge < -0.3 is 10.1 Å². The first kappa shape index (κ1) is 18.4. The Bertz CT molecular complexity index is 1090. The maximum Gasteiger partial charge on any atom is 0.156 e. The summed E-state index contributed by atoms with van der Waals surface area (Å²) >= 11 is 2.35. The molecule has 2 nitrogen and oxygen atoms in total. The van der Waals surface area contributed by atoms with Crippen molar-refractivity contribution in [2.24, 2.45) is 0 Å². The van der Waals surface area contributed by atoms with E-state index in [2.05, 4.69) is 125 Å². The third-order valence-electron chi connectivity index (χ3n) is 5.40. The van der Waals surface area contributed by atoms with E-state index < -0.39 is 5.60 Å². The van der Waals surface area contributed by atoms with Gasteiger partial charge in [0.05, 0.1) is 0 Å². The van der Waals surface area contributed by atoms with Crippen LogP contribution in [0.4, 0.5) is 5.69 Å². The van der Waals surface area contributed by atoms with Crippen molar-refractivity contribution < 1.29 is 4.74 Å². The van der Waals surface area contributed by atoms with Gasteiger partial charge in [-0.05, 0) is 51.9 Å². The van der Waals surface area contributed by atoms with E-state index in [-0.39, 0.29) is 6.23 Å². The maximum atomic E-state index is 7.00. The van der Waals surface area contributed by atoms with Crippen LogP contribution < -0.4 is 5.32 Å². The van der Waals surface area contributed by atoms with Gasteiger partial charge in [-0.25, -0.2) is 0 Å². The van der Waals surface area contributed by atoms with E-state index in [0.29, 0.717) is 0 Å². The summed E-state index contributed by atoms with van der Waals surface area (Å²) in [5.74, 6) is 0. The van der Waals surface area contributed by atoms with Crippen LogP contribution in [0.5, 0.6) is 0 Å². The highest BCUT2D eigenvalue weighted by atomic mass is 127. The van der Waals surface area contributed by atoms with Crippen LogP contribution >= 0.6 is 22.6 Å². The minimum atomic E-state index is -0.698. The number of benzene rings is 4. The molecule has 4 aromatic rings. The van der Waals surface area contributed by atoms with Crippen molar-refractivity contribution in [2.75, 3.05) is 5.32 Å². The molecule has 1 heterocycles. The Balaban J connectivity index is 1.78. The maximum absolute atomic E-state index is 7.00. The van der Waals surface area contributed by atoms with Crippen molar-refractivity contribution >= 4 is 28.3 Å². The van der Waals surface area contributed by atoms with E-state index in [1.54, 1.807) is 0 Å². The molecule has 4 aromatic carbocycles. The molecule has 1 aliphatic rings. The van der Waals surface area contributed by atoms with E-state index in [9.17, 15) is 0 Å². The van der Waals surface area contributed by atoms with Crippen molar-refractivity contribution in [2.45, 2.75) is 11.8 Å². The minimum absolute atomic E-state index is 0.264. The molecule has 1 atom stereocenters. The van der Waals surface area contributed by atoms with Crippen molar-refractivity contribution in [1.82, 2.24) is 0 Å². The molecule has 142 valence electrons. The largest absolute Gasteiger partial charge is 0.356 e. The summed E-state index contributed by atoms with van der Waals surface area (Å²) in [5, 5.41) is 3.61. The zero-order valence-electron chi connectivity index (χ0n) is 15.8. The second-order valence-electron chi connectivity index (χ2n) is 7.16. The van der Waals surface area contributed by atoms with Crippen LogP contribution in [-0.2, 0) is 10.3 Å². The lowest BCUT2D eigenvalue weighted by Crippen LogP contribution is -2.40. The SMILES string of the molecule is Ic1cccc(C2Nc3ccccc3C(c3ccccc3)(c3ccccc3)O2)c1. The van der Waals surface area contributed by atoms with Crippen molar-refractivity contribution in [3.63, 3.8) is 0 Å². The molecule has 29 heavy (non-hydrogen) atoms. The van der Waals surface area contributed by atoms with E-state index >= 15 is 0 Å². The summed E-state index contributed by atoms with van der Waals surface area (Å²) in [6, 6.07) is 37.9. The van der Waals surface area contributed by atoms with Gasteiger partial charge in [-0.1, -0.05) is 91.0 Å². The van der Waals surface area contributed by atoms with Crippen LogP contribution in [0.15, 0.2) is 109 Å². The van der Waals surface area contributed by atoms with E-state index in [1.807, 2.05) is 12.1 Å². The first-order chi connectivity index (χ1) is 14.3. The number of halogens is 1. The third kappa shape index (κ3) is 3.24. The van der Waals surface area contributed by atoms with Gasteiger partial charge in [-0.3, -0.25) is 0 Å². The molecule has 1 N–H and O–H groups in total. The number of nitrogens with one attached hydrogen (secondary N) is 1. The van der Waals surface area contributed by atoms with Crippen LogP contribution in [0.3, 0.4) is 0 Å². The summed E-state index contributed by atoms with van der Waals surface area (Å²) in [5.41, 5.74) is 4.87. The second kappa shape index (κ2) is 7.65. The van der Waals surface area contributed by atoms with Crippen LogP contribution in [-0.4, -0.2) is 0 Å². The molecular formula is C26H20INO. The highest BCUT2D eigenvalue weighted by Gasteiger charge is 2.44. The second-order valence-corrected chi connectivity index (χ2v) is 8.40. The smallest absolute Gasteiger partial charge is 0.156 e. The molecule has 0 radical (unpaired) electrons. The molecule has 0 saturated heterocycles. The lowest BCUT2D eigenvalue weighted by atomic mass is 9.78. The molecule has 0 bridgehead atoms. The van der Waals surface area contributed by atoms with Gasteiger partial charge in [-0.2, -0.15) is 0 Å². The molecule has 0 saturated carbocycles. The van der Waals surface area contributed by atoms with Gasteiger partial charge in [0.15, 0.2) is 6.23 Å². The first-order valence-electron chi connectivity index (χ1n) is 9.68. The normalized spacial score (nSPS) is 17.2. The molecule has 0 spiro atoms. The van der Waals surface area contributed by atoms with Gasteiger partial charge >= 0.3 is 0 Å². The Morgan fingerprint density at radius 3 is 1.97 bits per heavy atom. The highest BCUT2D eigenvalue weighted by molar-refractivity contribution is 14.1. The fraction of sp³-hybridized carbons (Fsp3) is 0.0769. The number of rotatable bonds is 3. The lowest BCUT2D eigenvalue weighted by Gasteiger charge is -2.44. The number of anilines is 1. The fourth-order valence-electron chi connectivity index (χ4n) is 4.11. The number of hydrogen-bond donors (Lipinski definition) is 1. The highest BCUT2D eigenvalue weighted by Crippen LogP contribution is 2.49. The lowest BCUT2D eigenvalue weighted by molar-refractivity contribution is -0.0432. The third-order valence-corrected chi connectivity index (χ3v) is 6.07. The summed E-state index contributed by atoms with van der Waals surface area (Å²) in [6.07, 6.45) is -0.264. The van der Waals surface area contributed by atoms with Crippen LogP contribution in [0.2, 0.25) is 0 Å². The van der Waals surface area contributed by atoms with Crippen molar-refractivity contribution in [3.05, 3.63) is 135 Å². The Hall–Kier alpha value is -2.63. The molecular weight excluding hydrogens is 469 g/mol. The van der Waals surface area contributed by atoms with E-state index in [4.69, 9.17) is 4.74 Å². The Morgan fingerprint density at radius 1 is 0.690 bits per heavy atom. The summed E-state index contributed by atoms with van der Waals surface area (Å²) < 4.78 is 8.19. The Morgan fingerprint density at radius 2 is 1.31 bits per heavy atom. The molecule has 0 amide bonds. The average Bonchev–Trinajstić information content (AvgIpc) is 2.79. The minimum Gasteiger partial charge on any atom is -0.356 e. The van der Waals surface area contributed by atoms with Crippen LogP contribution in [0.1, 0.15) is 28.5 Å². The number of fused-ring (bicyclic) bond motifs is 1. The molecule has 0 aliphatic carbocycles. The molecule has 0 aromatic heterocycles. The van der Waals surface area contributed by atoms with Gasteiger partial charge in [0, 0.05) is 20.4 Å². The summed E-state index contributed by atoms with van der Waals surface area (Å²) in [7, 11) is 0. The predicted molar refractivity (Wildman–Crippen MR) is 126 cm³/mol. The standard InChI is InChI=1S/C26H20INO/c27-22-15-9-10-19(18-22)25-28-24-17-8-7-16-23(24)26(29-25,20-11-3-1-4-12-20)21-13-5-2-6-14-21/h1-18,25,28H. The molecule has 0 fully saturated rings. The van der Waals surface area contributed by atoms with E-state index in [0.717, 1.165) is 27.9 Å². The quantitative estimate of drug-likeness (QED) is 0.323. The van der Waals surface area contributed by atoms with Gasteiger partial charge in [0.25, 0.3) is 0 Å². The zero-order valence-corrected chi connectivity index (χ0v) is 17.9. The topological polar surface area (TPSA) is 21.3 Å². The van der Waals surface area contributed by atoms with Crippen molar-refractivity contribution in [1.29, 1.82) is 0 Å². The van der Waals surface area contributed by atoms with Gasteiger partial charge in [0.1, 0.15) is 5.60 Å². The number of para-hydroxylation sites is 1. The van der Waals surface area contributed by atoms with Crippen molar-refractivity contribution in [3.8, 4) is 0 Å². The summed E-state index contributed by atoms with van der Waals surface area (Å²) in [4.78, 5) is 0. The molecule has 5 rings (SSSR count). The Kier molecular flexibility index (Phi) is 4.86. The van der Waals surface area contributed by atoms with Crippen LogP contribution in [0.25, 0.3) is 0 Å². The van der Waals surface area contributed by atoms with Gasteiger partial charge in [-0.15, -0.1) is 0 Å². The summed E-state index contributed by atoms with van der Waals surface area (Å²) in [6.45, 7) is 0. The molecule has 3 heteroatoms. The average molecular weight is 489 g/mol. The van der Waals surface area contributed by atoms with Gasteiger partial charge in [0.2, 0.25) is 0 Å². The monoisotopic (exact) mass is 489 g/mol. The molecule has 1 unspecified atom stereocenters. The Labute approximate surface area is 184 Å².